The maximum Gasteiger partial charge on any atom is 0.339 e. The summed E-state index contributed by atoms with van der Waals surface area (Å²) < 4.78 is 0. The van der Waals surface area contributed by atoms with Crippen LogP contribution in [0.3, 0.4) is 0 Å². The molecule has 8 heteroatoms. The lowest BCUT2D eigenvalue weighted by atomic mass is 9.86. The zero-order chi connectivity index (χ0) is 15.4. The molecule has 0 amide bonds. The SMILES string of the molecule is O=C(O)c1cc([N+](=O)[O-])cnc1NCC1CCCCC1O. The molecule has 1 aliphatic carbocycles. The summed E-state index contributed by atoms with van der Waals surface area (Å²) in [6.07, 6.45) is 4.25. The number of carbonyl (C=O) groups is 1. The summed E-state index contributed by atoms with van der Waals surface area (Å²) in [7, 11) is 0. The van der Waals surface area contributed by atoms with Crippen molar-refractivity contribution in [2.24, 2.45) is 5.92 Å². The highest BCUT2D eigenvalue weighted by atomic mass is 16.6. The molecule has 2 unspecified atom stereocenters. The van der Waals surface area contributed by atoms with Gasteiger partial charge >= 0.3 is 5.97 Å². The third kappa shape index (κ3) is 3.66. The summed E-state index contributed by atoms with van der Waals surface area (Å²) in [5.74, 6) is -1.15. The largest absolute Gasteiger partial charge is 0.478 e. The molecule has 114 valence electrons. The highest BCUT2D eigenvalue weighted by Crippen LogP contribution is 2.25. The molecular weight excluding hydrogens is 278 g/mol. The van der Waals surface area contributed by atoms with E-state index in [0.717, 1.165) is 37.9 Å². The Morgan fingerprint density at radius 1 is 1.48 bits per heavy atom. The van der Waals surface area contributed by atoms with E-state index in [1.165, 1.54) is 0 Å². The van der Waals surface area contributed by atoms with Gasteiger partial charge in [0.2, 0.25) is 0 Å². The third-order valence-corrected chi connectivity index (χ3v) is 3.72. The second-order valence-corrected chi connectivity index (χ2v) is 5.14. The van der Waals surface area contributed by atoms with Crippen LogP contribution < -0.4 is 5.32 Å². The number of aliphatic hydroxyl groups is 1. The molecule has 1 heterocycles. The normalized spacial score (nSPS) is 21.8. The summed E-state index contributed by atoms with van der Waals surface area (Å²) in [6, 6.07) is 0.981. The van der Waals surface area contributed by atoms with Crippen LogP contribution in [0.15, 0.2) is 12.3 Å². The van der Waals surface area contributed by atoms with Crippen LogP contribution >= 0.6 is 0 Å². The summed E-state index contributed by atoms with van der Waals surface area (Å²) in [4.78, 5) is 24.9. The fourth-order valence-electron chi connectivity index (χ4n) is 2.51. The van der Waals surface area contributed by atoms with E-state index in [0.29, 0.717) is 6.54 Å². The average molecular weight is 295 g/mol. The van der Waals surface area contributed by atoms with Gasteiger partial charge < -0.3 is 15.5 Å². The van der Waals surface area contributed by atoms with Crippen LogP contribution in [-0.4, -0.2) is 38.7 Å². The van der Waals surface area contributed by atoms with Gasteiger partial charge in [-0.2, -0.15) is 0 Å². The number of nitrogens with zero attached hydrogens (tertiary/aromatic N) is 2. The second-order valence-electron chi connectivity index (χ2n) is 5.14. The minimum Gasteiger partial charge on any atom is -0.478 e. The zero-order valence-corrected chi connectivity index (χ0v) is 11.4. The molecule has 2 rings (SSSR count). The molecule has 0 bridgehead atoms. The van der Waals surface area contributed by atoms with E-state index in [1.54, 1.807) is 0 Å². The van der Waals surface area contributed by atoms with Crippen molar-refractivity contribution in [3.63, 3.8) is 0 Å². The first-order chi connectivity index (χ1) is 9.99. The molecule has 0 spiro atoms. The minimum absolute atomic E-state index is 0.0392. The number of nitrogens with one attached hydrogen (secondary N) is 1. The predicted molar refractivity (Wildman–Crippen MR) is 74.3 cm³/mol. The van der Waals surface area contributed by atoms with Crippen LogP contribution in [-0.2, 0) is 0 Å². The number of nitro groups is 1. The van der Waals surface area contributed by atoms with Crippen LogP contribution in [0, 0.1) is 16.0 Å². The minimum atomic E-state index is -1.28. The molecule has 1 aliphatic rings. The number of rotatable bonds is 5. The molecule has 1 aromatic heterocycles. The van der Waals surface area contributed by atoms with Crippen molar-refractivity contribution >= 4 is 17.5 Å². The monoisotopic (exact) mass is 295 g/mol. The van der Waals surface area contributed by atoms with E-state index in [-0.39, 0.29) is 23.0 Å². The second kappa shape index (κ2) is 6.49. The fourth-order valence-corrected chi connectivity index (χ4v) is 2.51. The van der Waals surface area contributed by atoms with E-state index in [9.17, 15) is 20.0 Å². The molecule has 0 aromatic carbocycles. The average Bonchev–Trinajstić information content (AvgIpc) is 2.46. The Kier molecular flexibility index (Phi) is 4.69. The van der Waals surface area contributed by atoms with Gasteiger partial charge in [0.1, 0.15) is 17.6 Å². The molecule has 3 N–H and O–H groups in total. The smallest absolute Gasteiger partial charge is 0.339 e. The van der Waals surface area contributed by atoms with Crippen LogP contribution in [0.25, 0.3) is 0 Å². The first kappa shape index (κ1) is 15.2. The topological polar surface area (TPSA) is 126 Å². The van der Waals surface area contributed by atoms with Crippen molar-refractivity contribution in [1.29, 1.82) is 0 Å². The zero-order valence-electron chi connectivity index (χ0n) is 11.4. The van der Waals surface area contributed by atoms with E-state index >= 15 is 0 Å². The number of aliphatic hydroxyl groups excluding tert-OH is 1. The number of aromatic nitrogens is 1. The Balaban J connectivity index is 2.11. The van der Waals surface area contributed by atoms with Gasteiger partial charge in [0.25, 0.3) is 5.69 Å². The lowest BCUT2D eigenvalue weighted by molar-refractivity contribution is -0.385. The first-order valence-corrected chi connectivity index (χ1v) is 6.78. The van der Waals surface area contributed by atoms with Gasteiger partial charge in [-0.25, -0.2) is 9.78 Å². The van der Waals surface area contributed by atoms with E-state index in [4.69, 9.17) is 5.11 Å². The van der Waals surface area contributed by atoms with Crippen molar-refractivity contribution in [2.75, 3.05) is 11.9 Å². The molecule has 2 atom stereocenters. The van der Waals surface area contributed by atoms with Crippen LogP contribution in [0.1, 0.15) is 36.0 Å². The maximum atomic E-state index is 11.2. The Labute approximate surface area is 121 Å². The lowest BCUT2D eigenvalue weighted by Crippen LogP contribution is -2.30. The molecule has 21 heavy (non-hydrogen) atoms. The van der Waals surface area contributed by atoms with E-state index in [2.05, 4.69) is 10.3 Å². The van der Waals surface area contributed by atoms with Gasteiger partial charge in [0, 0.05) is 18.5 Å². The van der Waals surface area contributed by atoms with Gasteiger partial charge in [0.15, 0.2) is 0 Å². The van der Waals surface area contributed by atoms with Gasteiger partial charge in [0.05, 0.1) is 11.0 Å². The van der Waals surface area contributed by atoms with Crippen molar-refractivity contribution in [3.8, 4) is 0 Å². The Morgan fingerprint density at radius 2 is 2.19 bits per heavy atom. The van der Waals surface area contributed by atoms with Gasteiger partial charge in [-0.05, 0) is 12.8 Å². The Hall–Kier alpha value is -2.22. The first-order valence-electron chi connectivity index (χ1n) is 6.78. The van der Waals surface area contributed by atoms with Gasteiger partial charge in [-0.1, -0.05) is 12.8 Å². The maximum absolute atomic E-state index is 11.2. The molecule has 1 aromatic rings. The molecule has 8 nitrogen and oxygen atoms in total. The summed E-state index contributed by atoms with van der Waals surface area (Å²) in [5.41, 5.74) is -0.606. The fraction of sp³-hybridized carbons (Fsp3) is 0.538. The Morgan fingerprint density at radius 3 is 2.81 bits per heavy atom. The number of anilines is 1. The highest BCUT2D eigenvalue weighted by Gasteiger charge is 2.24. The summed E-state index contributed by atoms with van der Waals surface area (Å²) in [6.45, 7) is 0.395. The van der Waals surface area contributed by atoms with Crippen molar-refractivity contribution in [2.45, 2.75) is 31.8 Å². The highest BCUT2D eigenvalue weighted by molar-refractivity contribution is 5.93. The van der Waals surface area contributed by atoms with Crippen LogP contribution in [0.5, 0.6) is 0 Å². The van der Waals surface area contributed by atoms with Crippen LogP contribution in [0.4, 0.5) is 11.5 Å². The van der Waals surface area contributed by atoms with Gasteiger partial charge in [-0.3, -0.25) is 10.1 Å². The van der Waals surface area contributed by atoms with E-state index in [1.807, 2.05) is 0 Å². The van der Waals surface area contributed by atoms with Crippen molar-refractivity contribution in [3.05, 3.63) is 27.9 Å². The number of aromatic carboxylic acids is 1. The van der Waals surface area contributed by atoms with E-state index < -0.39 is 17.0 Å². The third-order valence-electron chi connectivity index (χ3n) is 3.72. The predicted octanol–water partition coefficient (Wildman–Crippen LogP) is 1.65. The van der Waals surface area contributed by atoms with Gasteiger partial charge in [-0.15, -0.1) is 0 Å². The van der Waals surface area contributed by atoms with Crippen molar-refractivity contribution in [1.82, 2.24) is 4.98 Å². The quantitative estimate of drug-likeness (QED) is 0.557. The molecular formula is C13H17N3O5. The standard InChI is InChI=1S/C13H17N3O5/c17-11-4-2-1-3-8(11)6-14-12-10(13(18)19)5-9(7-15-12)16(20)21/h5,7-8,11,17H,1-4,6H2,(H,14,15)(H,18,19). The number of pyridine rings is 1. The molecule has 1 saturated carbocycles. The number of hydrogen-bond donors (Lipinski definition) is 3. The summed E-state index contributed by atoms with van der Waals surface area (Å²) in [5, 5.41) is 32.5. The van der Waals surface area contributed by atoms with Crippen molar-refractivity contribution < 1.29 is 19.9 Å². The number of hydrogen-bond acceptors (Lipinski definition) is 6. The number of carboxylic acids is 1. The van der Waals surface area contributed by atoms with Crippen LogP contribution in [0.2, 0.25) is 0 Å². The summed E-state index contributed by atoms with van der Waals surface area (Å²) >= 11 is 0. The molecule has 0 aliphatic heterocycles. The number of carboxylic acid groups (broad SMARTS) is 1. The molecule has 0 saturated heterocycles. The Bertz CT molecular complexity index is 549. The lowest BCUT2D eigenvalue weighted by Gasteiger charge is -2.27. The molecule has 0 radical (unpaired) electrons. The molecule has 1 fully saturated rings.